The summed E-state index contributed by atoms with van der Waals surface area (Å²) in [6, 6.07) is 4.26. The molecule has 0 amide bonds. The average molecular weight is 296 g/mol. The topological polar surface area (TPSA) is 64.7 Å². The van der Waals surface area contributed by atoms with Crippen LogP contribution in [0.15, 0.2) is 23.2 Å². The second-order valence-electron chi connectivity index (χ2n) is 5.44. The summed E-state index contributed by atoms with van der Waals surface area (Å²) < 4.78 is 32.4. The molecule has 0 aromatic heterocycles. The fourth-order valence-corrected chi connectivity index (χ4v) is 2.31. The molecule has 2 rings (SSSR count). The number of nitrogens with two attached hydrogens (primary N) is 1. The maximum absolute atomic E-state index is 14.1. The van der Waals surface area contributed by atoms with Gasteiger partial charge in [-0.3, -0.25) is 9.79 Å². The average Bonchev–Trinajstić information content (AvgIpc) is 2.40. The third-order valence-electron chi connectivity index (χ3n) is 3.46. The Kier molecular flexibility index (Phi) is 4.37. The predicted molar refractivity (Wildman–Crippen MR) is 75.5 cm³/mol. The first kappa shape index (κ1) is 15.6. The Hall–Kier alpha value is -1.82. The Labute approximate surface area is 122 Å². The van der Waals surface area contributed by atoms with Gasteiger partial charge in [-0.2, -0.15) is 0 Å². The Morgan fingerprint density at radius 1 is 1.57 bits per heavy atom. The number of carbonyl (C=O) groups is 1. The number of benzene rings is 1. The third-order valence-corrected chi connectivity index (χ3v) is 3.46. The van der Waals surface area contributed by atoms with E-state index >= 15 is 0 Å². The molecule has 1 aromatic rings. The highest BCUT2D eigenvalue weighted by molar-refractivity contribution is 5.85. The highest BCUT2D eigenvalue weighted by atomic mass is 19.1. The molecular weight excluding hydrogens is 278 g/mol. The third kappa shape index (κ3) is 3.44. The van der Waals surface area contributed by atoms with Gasteiger partial charge in [0.25, 0.3) is 0 Å². The van der Waals surface area contributed by atoms with Gasteiger partial charge in [0.1, 0.15) is 23.8 Å². The molecule has 4 nitrogen and oxygen atoms in total. The number of ether oxygens (including phenoxy) is 1. The van der Waals surface area contributed by atoms with Crippen molar-refractivity contribution in [3.63, 3.8) is 0 Å². The monoisotopic (exact) mass is 296 g/mol. The van der Waals surface area contributed by atoms with Crippen molar-refractivity contribution in [2.75, 3.05) is 13.2 Å². The van der Waals surface area contributed by atoms with E-state index < -0.39 is 23.3 Å². The van der Waals surface area contributed by atoms with Crippen molar-refractivity contribution in [2.24, 2.45) is 10.7 Å². The lowest BCUT2D eigenvalue weighted by atomic mass is 9.90. The van der Waals surface area contributed by atoms with Crippen LogP contribution in [0.4, 0.5) is 8.78 Å². The van der Waals surface area contributed by atoms with Crippen molar-refractivity contribution in [1.29, 1.82) is 0 Å². The zero-order valence-corrected chi connectivity index (χ0v) is 12.0. The number of nitrogens with zero attached hydrogens (tertiary/aromatic N) is 1. The number of ketones is 1. The maximum Gasteiger partial charge on any atom is 0.170 e. The van der Waals surface area contributed by atoms with Crippen LogP contribution in [-0.2, 0) is 21.5 Å². The van der Waals surface area contributed by atoms with Crippen LogP contribution < -0.4 is 5.73 Å². The summed E-state index contributed by atoms with van der Waals surface area (Å²) in [7, 11) is 0. The molecule has 1 unspecified atom stereocenters. The van der Waals surface area contributed by atoms with Gasteiger partial charge < -0.3 is 10.5 Å². The summed E-state index contributed by atoms with van der Waals surface area (Å²) in [6.07, 6.45) is -1.62. The van der Waals surface area contributed by atoms with E-state index in [2.05, 4.69) is 4.99 Å². The van der Waals surface area contributed by atoms with E-state index in [-0.39, 0.29) is 19.6 Å². The van der Waals surface area contributed by atoms with Crippen LogP contribution in [0.3, 0.4) is 0 Å². The van der Waals surface area contributed by atoms with Crippen molar-refractivity contribution < 1.29 is 18.3 Å². The molecule has 1 aliphatic rings. The summed E-state index contributed by atoms with van der Waals surface area (Å²) in [4.78, 5) is 15.7. The number of aliphatic imine (C=N–C) groups is 1. The van der Waals surface area contributed by atoms with E-state index in [1.165, 1.54) is 25.1 Å². The standard InChI is InChI=1S/C15H18F2N2O2/c1-9(16)13(20)6-10-3-4-12(17)11(5-10)15(2)8-21-7-14(18)19-15/h3-5,9H,6-8H2,1-2H3,(H2,18,19)/t9?,15-/m0/s1. The molecule has 21 heavy (non-hydrogen) atoms. The summed E-state index contributed by atoms with van der Waals surface area (Å²) >= 11 is 0. The number of amidine groups is 1. The maximum atomic E-state index is 14.1. The highest BCUT2D eigenvalue weighted by Gasteiger charge is 2.33. The molecule has 2 atom stereocenters. The summed E-state index contributed by atoms with van der Waals surface area (Å²) in [5, 5.41) is 0. The molecule has 0 fully saturated rings. The molecule has 0 spiro atoms. The molecule has 1 aromatic carbocycles. The van der Waals surface area contributed by atoms with Gasteiger partial charge >= 0.3 is 0 Å². The van der Waals surface area contributed by atoms with Crippen LogP contribution >= 0.6 is 0 Å². The molecule has 0 saturated carbocycles. The Morgan fingerprint density at radius 3 is 2.90 bits per heavy atom. The largest absolute Gasteiger partial charge is 0.386 e. The summed E-state index contributed by atoms with van der Waals surface area (Å²) in [5.41, 5.74) is 5.55. The lowest BCUT2D eigenvalue weighted by molar-refractivity contribution is -0.122. The van der Waals surface area contributed by atoms with Gasteiger partial charge in [0.2, 0.25) is 0 Å². The Morgan fingerprint density at radius 2 is 2.29 bits per heavy atom. The van der Waals surface area contributed by atoms with Crippen LogP contribution in [-0.4, -0.2) is 31.0 Å². The SMILES string of the molecule is CC(F)C(=O)Cc1ccc(F)c([C@]2(C)COCC(N)=N2)c1. The second-order valence-corrected chi connectivity index (χ2v) is 5.44. The minimum atomic E-state index is -1.54. The van der Waals surface area contributed by atoms with Crippen LogP contribution in [0.25, 0.3) is 0 Å². The summed E-state index contributed by atoms with van der Waals surface area (Å²) in [6.45, 7) is 3.31. The molecule has 0 bridgehead atoms. The Bertz CT molecular complexity index is 587. The van der Waals surface area contributed by atoms with Crippen molar-refractivity contribution in [1.82, 2.24) is 0 Å². The summed E-state index contributed by atoms with van der Waals surface area (Å²) in [5.74, 6) is -0.702. The minimum Gasteiger partial charge on any atom is -0.386 e. The van der Waals surface area contributed by atoms with Crippen molar-refractivity contribution in [2.45, 2.75) is 32.0 Å². The molecule has 114 valence electrons. The Balaban J connectivity index is 2.35. The number of hydrogen-bond donors (Lipinski definition) is 1. The lowest BCUT2D eigenvalue weighted by Crippen LogP contribution is -2.38. The van der Waals surface area contributed by atoms with E-state index in [1.807, 2.05) is 0 Å². The van der Waals surface area contributed by atoms with Crippen LogP contribution in [0.1, 0.15) is 25.0 Å². The van der Waals surface area contributed by atoms with E-state index in [9.17, 15) is 13.6 Å². The van der Waals surface area contributed by atoms with Crippen molar-refractivity contribution in [3.8, 4) is 0 Å². The highest BCUT2D eigenvalue weighted by Crippen LogP contribution is 2.31. The molecule has 1 aliphatic heterocycles. The zero-order valence-electron chi connectivity index (χ0n) is 12.0. The predicted octanol–water partition coefficient (Wildman–Crippen LogP) is 1.90. The molecular formula is C15H18F2N2O2. The van der Waals surface area contributed by atoms with E-state index in [4.69, 9.17) is 10.5 Å². The van der Waals surface area contributed by atoms with Gasteiger partial charge in [-0.15, -0.1) is 0 Å². The van der Waals surface area contributed by atoms with Gasteiger partial charge in [0.05, 0.1) is 6.61 Å². The van der Waals surface area contributed by atoms with E-state index in [0.29, 0.717) is 17.0 Å². The van der Waals surface area contributed by atoms with Crippen molar-refractivity contribution >= 4 is 11.6 Å². The van der Waals surface area contributed by atoms with Crippen LogP contribution in [0, 0.1) is 5.82 Å². The minimum absolute atomic E-state index is 0.0823. The van der Waals surface area contributed by atoms with Gasteiger partial charge in [0.15, 0.2) is 12.0 Å². The number of Topliss-reactive ketones (excluding diaryl/α,β-unsaturated/α-hetero) is 1. The number of hydrogen-bond acceptors (Lipinski definition) is 4. The van der Waals surface area contributed by atoms with Gasteiger partial charge in [-0.05, 0) is 31.5 Å². The van der Waals surface area contributed by atoms with Crippen LogP contribution in [0.5, 0.6) is 0 Å². The molecule has 0 radical (unpaired) electrons. The van der Waals surface area contributed by atoms with Crippen molar-refractivity contribution in [3.05, 3.63) is 35.1 Å². The first-order chi connectivity index (χ1) is 9.82. The van der Waals surface area contributed by atoms with E-state index in [0.717, 1.165) is 0 Å². The van der Waals surface area contributed by atoms with Gasteiger partial charge in [-0.25, -0.2) is 8.78 Å². The molecule has 0 saturated heterocycles. The molecule has 1 heterocycles. The van der Waals surface area contributed by atoms with Gasteiger partial charge in [0, 0.05) is 12.0 Å². The smallest absolute Gasteiger partial charge is 0.170 e. The molecule has 2 N–H and O–H groups in total. The van der Waals surface area contributed by atoms with Crippen LogP contribution in [0.2, 0.25) is 0 Å². The second kappa shape index (κ2) is 5.89. The molecule has 6 heteroatoms. The first-order valence-electron chi connectivity index (χ1n) is 6.69. The van der Waals surface area contributed by atoms with E-state index in [1.54, 1.807) is 6.92 Å². The normalized spacial score (nSPS) is 23.5. The zero-order chi connectivity index (χ0) is 15.6. The number of carbonyl (C=O) groups excluding carboxylic acids is 1. The number of halogens is 2. The number of alkyl halides is 1. The van der Waals surface area contributed by atoms with Gasteiger partial charge in [-0.1, -0.05) is 6.07 Å². The fraction of sp³-hybridized carbons (Fsp3) is 0.467. The molecule has 0 aliphatic carbocycles. The fourth-order valence-electron chi connectivity index (χ4n) is 2.31. The quantitative estimate of drug-likeness (QED) is 0.923. The number of rotatable bonds is 4. The first-order valence-corrected chi connectivity index (χ1v) is 6.69. The lowest BCUT2D eigenvalue weighted by Gasteiger charge is -2.30.